The van der Waals surface area contributed by atoms with Gasteiger partial charge in [0.2, 0.25) is 11.8 Å². The Bertz CT molecular complexity index is 747. The third-order valence-corrected chi connectivity index (χ3v) is 4.17. The largest absolute Gasteiger partial charge is 0.497 e. The summed E-state index contributed by atoms with van der Waals surface area (Å²) >= 11 is 5.95. The third-order valence-electron chi connectivity index (χ3n) is 3.94. The quantitative estimate of drug-likeness (QED) is 0.772. The molecule has 0 saturated carbocycles. The van der Waals surface area contributed by atoms with E-state index in [1.54, 1.807) is 7.11 Å². The summed E-state index contributed by atoms with van der Waals surface area (Å²) in [5, 5.41) is 3.52. The smallest absolute Gasteiger partial charge is 0.239 e. The number of carbonyl (C=O) groups is 2. The van der Waals surface area contributed by atoms with E-state index >= 15 is 0 Å². The fraction of sp³-hybridized carbons (Fsp3) is 0.300. The molecular formula is C20H23ClN2O3. The molecule has 0 atom stereocenters. The Morgan fingerprint density at radius 3 is 2.46 bits per heavy atom. The summed E-state index contributed by atoms with van der Waals surface area (Å²) in [5.74, 6) is 0.420. The molecule has 0 heterocycles. The van der Waals surface area contributed by atoms with Crippen LogP contribution in [0.3, 0.4) is 0 Å². The average Bonchev–Trinajstić information content (AvgIpc) is 2.62. The van der Waals surface area contributed by atoms with Crippen molar-refractivity contribution in [2.24, 2.45) is 0 Å². The molecule has 2 aromatic carbocycles. The van der Waals surface area contributed by atoms with Crippen LogP contribution in [0.4, 0.5) is 0 Å². The Morgan fingerprint density at radius 1 is 1.12 bits per heavy atom. The van der Waals surface area contributed by atoms with Crippen LogP contribution in [0.15, 0.2) is 48.5 Å². The highest BCUT2D eigenvalue weighted by atomic mass is 35.5. The van der Waals surface area contributed by atoms with Crippen molar-refractivity contribution in [3.63, 3.8) is 0 Å². The molecule has 1 N–H and O–H groups in total. The summed E-state index contributed by atoms with van der Waals surface area (Å²) in [4.78, 5) is 25.5. The maximum absolute atomic E-state index is 12.2. The van der Waals surface area contributed by atoms with Gasteiger partial charge in [-0.05, 0) is 41.8 Å². The van der Waals surface area contributed by atoms with E-state index in [1.165, 1.54) is 11.8 Å². The van der Waals surface area contributed by atoms with Gasteiger partial charge in [0.25, 0.3) is 0 Å². The number of ether oxygens (including phenoxy) is 1. The number of amides is 2. The summed E-state index contributed by atoms with van der Waals surface area (Å²) in [6, 6.07) is 15.0. The van der Waals surface area contributed by atoms with E-state index in [4.69, 9.17) is 16.3 Å². The minimum atomic E-state index is -0.185. The molecule has 0 aromatic heterocycles. The topological polar surface area (TPSA) is 58.6 Å². The lowest BCUT2D eigenvalue weighted by atomic mass is 10.1. The maximum atomic E-state index is 12.2. The standard InChI is InChI=1S/C20H23ClN2O3/c1-15(24)23(13-17-6-8-19(26-2)9-7-17)14-20(25)22-11-10-16-4-3-5-18(21)12-16/h3-9,12H,10-11,13-14H2,1-2H3,(H,22,25). The van der Waals surface area contributed by atoms with Crippen LogP contribution in [0, 0.1) is 0 Å². The highest BCUT2D eigenvalue weighted by Crippen LogP contribution is 2.13. The van der Waals surface area contributed by atoms with E-state index in [0.29, 0.717) is 24.5 Å². The molecule has 0 aliphatic rings. The van der Waals surface area contributed by atoms with Gasteiger partial charge in [-0.2, -0.15) is 0 Å². The molecule has 0 spiro atoms. The van der Waals surface area contributed by atoms with Crippen LogP contribution in [-0.4, -0.2) is 36.9 Å². The minimum absolute atomic E-state index is 0.0247. The van der Waals surface area contributed by atoms with Crippen LogP contribution in [0.1, 0.15) is 18.1 Å². The Labute approximate surface area is 158 Å². The van der Waals surface area contributed by atoms with Crippen LogP contribution in [-0.2, 0) is 22.6 Å². The molecule has 2 aromatic rings. The molecule has 0 saturated heterocycles. The van der Waals surface area contributed by atoms with Gasteiger partial charge in [0.1, 0.15) is 5.75 Å². The second kappa shape index (κ2) is 9.82. The molecule has 26 heavy (non-hydrogen) atoms. The van der Waals surface area contributed by atoms with Gasteiger partial charge >= 0.3 is 0 Å². The van der Waals surface area contributed by atoms with Gasteiger partial charge in [0.15, 0.2) is 0 Å². The van der Waals surface area contributed by atoms with Gasteiger partial charge in [0, 0.05) is 25.0 Å². The molecule has 2 amide bonds. The van der Waals surface area contributed by atoms with Gasteiger partial charge < -0.3 is 15.0 Å². The molecule has 0 fully saturated rings. The number of methoxy groups -OCH3 is 1. The van der Waals surface area contributed by atoms with Crippen molar-refractivity contribution < 1.29 is 14.3 Å². The van der Waals surface area contributed by atoms with Crippen molar-refractivity contribution in [2.75, 3.05) is 20.2 Å². The number of hydrogen-bond donors (Lipinski definition) is 1. The molecule has 0 bridgehead atoms. The lowest BCUT2D eigenvalue weighted by Gasteiger charge is -2.21. The van der Waals surface area contributed by atoms with Crippen molar-refractivity contribution in [1.29, 1.82) is 0 Å². The zero-order chi connectivity index (χ0) is 18.9. The molecule has 0 aliphatic carbocycles. The first-order chi connectivity index (χ1) is 12.5. The lowest BCUT2D eigenvalue weighted by Crippen LogP contribution is -2.39. The zero-order valence-corrected chi connectivity index (χ0v) is 15.8. The van der Waals surface area contributed by atoms with E-state index < -0.39 is 0 Å². The van der Waals surface area contributed by atoms with Gasteiger partial charge in [-0.3, -0.25) is 9.59 Å². The molecular weight excluding hydrogens is 352 g/mol. The number of hydrogen-bond acceptors (Lipinski definition) is 3. The van der Waals surface area contributed by atoms with Crippen LogP contribution in [0.5, 0.6) is 5.75 Å². The van der Waals surface area contributed by atoms with Crippen LogP contribution in [0.25, 0.3) is 0 Å². The van der Waals surface area contributed by atoms with E-state index in [9.17, 15) is 9.59 Å². The summed E-state index contributed by atoms with van der Waals surface area (Å²) in [7, 11) is 1.60. The first-order valence-corrected chi connectivity index (χ1v) is 8.75. The fourth-order valence-electron chi connectivity index (χ4n) is 2.50. The Balaban J connectivity index is 1.83. The average molecular weight is 375 g/mol. The second-order valence-corrected chi connectivity index (χ2v) is 6.39. The fourth-order valence-corrected chi connectivity index (χ4v) is 2.71. The molecule has 0 unspecified atom stereocenters. The van der Waals surface area contributed by atoms with Gasteiger partial charge in [-0.1, -0.05) is 35.9 Å². The number of benzene rings is 2. The Morgan fingerprint density at radius 2 is 1.85 bits per heavy atom. The molecule has 6 heteroatoms. The number of nitrogens with zero attached hydrogens (tertiary/aromatic N) is 1. The van der Waals surface area contributed by atoms with E-state index in [-0.39, 0.29) is 18.4 Å². The molecule has 5 nitrogen and oxygen atoms in total. The van der Waals surface area contributed by atoms with Crippen LogP contribution in [0.2, 0.25) is 5.02 Å². The van der Waals surface area contributed by atoms with Gasteiger partial charge in [-0.25, -0.2) is 0 Å². The molecule has 2 rings (SSSR count). The van der Waals surface area contributed by atoms with Crippen molar-refractivity contribution in [1.82, 2.24) is 10.2 Å². The third kappa shape index (κ3) is 6.41. The van der Waals surface area contributed by atoms with Crippen molar-refractivity contribution >= 4 is 23.4 Å². The monoisotopic (exact) mass is 374 g/mol. The summed E-state index contributed by atoms with van der Waals surface area (Å²) in [5.41, 5.74) is 1.99. The highest BCUT2D eigenvalue weighted by molar-refractivity contribution is 6.30. The summed E-state index contributed by atoms with van der Waals surface area (Å²) < 4.78 is 5.12. The molecule has 0 radical (unpaired) electrons. The second-order valence-electron chi connectivity index (χ2n) is 5.95. The normalized spacial score (nSPS) is 10.3. The Kier molecular flexibility index (Phi) is 7.48. The first-order valence-electron chi connectivity index (χ1n) is 8.37. The van der Waals surface area contributed by atoms with Gasteiger partial charge in [0.05, 0.1) is 13.7 Å². The molecule has 138 valence electrons. The predicted molar refractivity (Wildman–Crippen MR) is 102 cm³/mol. The van der Waals surface area contributed by atoms with Crippen LogP contribution < -0.4 is 10.1 Å². The van der Waals surface area contributed by atoms with E-state index in [1.807, 2.05) is 48.5 Å². The van der Waals surface area contributed by atoms with Crippen molar-refractivity contribution in [3.05, 3.63) is 64.7 Å². The maximum Gasteiger partial charge on any atom is 0.239 e. The molecule has 0 aliphatic heterocycles. The predicted octanol–water partition coefficient (Wildman–Crippen LogP) is 3.06. The first kappa shape index (κ1) is 19.8. The Hall–Kier alpha value is -2.53. The highest BCUT2D eigenvalue weighted by Gasteiger charge is 2.14. The number of carbonyl (C=O) groups excluding carboxylic acids is 2. The summed E-state index contributed by atoms with van der Waals surface area (Å²) in [6.07, 6.45) is 0.685. The lowest BCUT2D eigenvalue weighted by molar-refractivity contribution is -0.134. The number of rotatable bonds is 8. The SMILES string of the molecule is COc1ccc(CN(CC(=O)NCCc2cccc(Cl)c2)C(C)=O)cc1. The van der Waals surface area contributed by atoms with Gasteiger partial charge in [-0.15, -0.1) is 0 Å². The minimum Gasteiger partial charge on any atom is -0.497 e. The zero-order valence-electron chi connectivity index (χ0n) is 15.0. The number of nitrogens with one attached hydrogen (secondary N) is 1. The van der Waals surface area contributed by atoms with Crippen LogP contribution >= 0.6 is 11.6 Å². The summed E-state index contributed by atoms with van der Waals surface area (Å²) in [6.45, 7) is 2.36. The van der Waals surface area contributed by atoms with E-state index in [0.717, 1.165) is 16.9 Å². The number of halogens is 1. The van der Waals surface area contributed by atoms with E-state index in [2.05, 4.69) is 5.32 Å². The van der Waals surface area contributed by atoms with Crippen molar-refractivity contribution in [3.8, 4) is 5.75 Å². The van der Waals surface area contributed by atoms with Crippen molar-refractivity contribution in [2.45, 2.75) is 19.9 Å².